The molecule has 16 heavy (non-hydrogen) atoms. The minimum Gasteiger partial charge on any atom is -0.339 e. The Morgan fingerprint density at radius 3 is 2.31 bits per heavy atom. The molecule has 1 N–H and O–H groups in total. The Hall–Kier alpha value is -0.650. The normalized spacial score (nSPS) is 24.7. The zero-order valence-corrected chi connectivity index (χ0v) is 10.1. The van der Waals surface area contributed by atoms with Gasteiger partial charge in [0.05, 0.1) is 6.54 Å². The molecule has 0 atom stereocenters. The van der Waals surface area contributed by atoms with Crippen LogP contribution in [0.4, 0.5) is 0 Å². The number of nitrogens with zero attached hydrogens (tertiary/aromatic N) is 3. The molecule has 2 aliphatic heterocycles. The van der Waals surface area contributed by atoms with Crippen LogP contribution in [0.2, 0.25) is 0 Å². The Labute approximate surface area is 97.4 Å². The second kappa shape index (κ2) is 5.61. The average Bonchev–Trinajstić information content (AvgIpc) is 2.33. The minimum atomic E-state index is 0.297. The van der Waals surface area contributed by atoms with Crippen molar-refractivity contribution in [3.05, 3.63) is 0 Å². The summed E-state index contributed by atoms with van der Waals surface area (Å²) in [6.07, 6.45) is 0. The first kappa shape index (κ1) is 11.8. The van der Waals surface area contributed by atoms with Crippen LogP contribution in [-0.4, -0.2) is 86.6 Å². The zero-order valence-electron chi connectivity index (χ0n) is 10.1. The molecule has 0 aromatic rings. The van der Waals surface area contributed by atoms with Crippen LogP contribution < -0.4 is 5.32 Å². The Morgan fingerprint density at radius 2 is 1.69 bits per heavy atom. The summed E-state index contributed by atoms with van der Waals surface area (Å²) in [5.74, 6) is 0.297. The molecule has 0 aromatic carbocycles. The summed E-state index contributed by atoms with van der Waals surface area (Å²) in [5, 5.41) is 3.26. The van der Waals surface area contributed by atoms with Crippen LogP contribution in [0.5, 0.6) is 0 Å². The predicted molar refractivity (Wildman–Crippen MR) is 63.4 cm³/mol. The molecule has 0 radical (unpaired) electrons. The molecule has 2 fully saturated rings. The van der Waals surface area contributed by atoms with Gasteiger partial charge in [0.1, 0.15) is 0 Å². The fourth-order valence-corrected chi connectivity index (χ4v) is 2.21. The first-order valence-electron chi connectivity index (χ1n) is 6.15. The fourth-order valence-electron chi connectivity index (χ4n) is 2.21. The van der Waals surface area contributed by atoms with Crippen LogP contribution in [0.25, 0.3) is 0 Å². The maximum absolute atomic E-state index is 12.0. The number of carbonyl (C=O) groups is 1. The Morgan fingerprint density at radius 1 is 1.06 bits per heavy atom. The molecular formula is C11H22N4O. The summed E-state index contributed by atoms with van der Waals surface area (Å²) < 4.78 is 0. The molecule has 0 spiro atoms. The number of hydrogen-bond donors (Lipinski definition) is 1. The third kappa shape index (κ3) is 3.17. The maximum Gasteiger partial charge on any atom is 0.236 e. The lowest BCUT2D eigenvalue weighted by Crippen LogP contribution is -2.52. The number of piperazine rings is 2. The van der Waals surface area contributed by atoms with E-state index in [-0.39, 0.29) is 0 Å². The third-order valence-corrected chi connectivity index (χ3v) is 3.42. The SMILES string of the molecule is [13CH3][15N]1CCN(CC(=O)N2[13CH2][13CH2]N[13CH2][13CH2]2)[13CH2][13CH2]1. The average molecular weight is 234 g/mol. The van der Waals surface area contributed by atoms with Crippen molar-refractivity contribution >= 4 is 5.91 Å². The van der Waals surface area contributed by atoms with E-state index in [4.69, 9.17) is 0 Å². The van der Waals surface area contributed by atoms with Crippen LogP contribution in [0.15, 0.2) is 0 Å². The van der Waals surface area contributed by atoms with Crippen LogP contribution >= 0.6 is 0 Å². The Bertz CT molecular complexity index is 232. The summed E-state index contributed by atoms with van der Waals surface area (Å²) in [7, 11) is 2.13. The van der Waals surface area contributed by atoms with Gasteiger partial charge in [0.25, 0.3) is 0 Å². The topological polar surface area (TPSA) is 38.8 Å². The summed E-state index contributed by atoms with van der Waals surface area (Å²) in [6.45, 7) is 8.42. The summed E-state index contributed by atoms with van der Waals surface area (Å²) >= 11 is 0. The number of carbonyl (C=O) groups excluding carboxylic acids is 1. The number of hydrogen-bond acceptors (Lipinski definition) is 4. The molecule has 0 aliphatic carbocycles. The fraction of sp³-hybridized carbons (Fsp3) is 0.909. The van der Waals surface area contributed by atoms with Crippen molar-refractivity contribution in [2.75, 3.05) is 66.0 Å². The Kier molecular flexibility index (Phi) is 4.15. The lowest BCUT2D eigenvalue weighted by atomic mass is 10.5. The summed E-state index contributed by atoms with van der Waals surface area (Å²) in [5.41, 5.74) is 0. The van der Waals surface area contributed by atoms with Gasteiger partial charge in [-0.15, -0.1) is 0 Å². The molecule has 5 heteroatoms. The van der Waals surface area contributed by atoms with Gasteiger partial charge in [-0.2, -0.15) is 0 Å². The highest BCUT2D eigenvalue weighted by Gasteiger charge is 2.21. The maximum atomic E-state index is 12.0. The molecule has 1 amide bonds. The van der Waals surface area contributed by atoms with E-state index in [1.807, 2.05) is 4.90 Å². The van der Waals surface area contributed by atoms with Crippen molar-refractivity contribution < 1.29 is 4.79 Å². The first-order valence-corrected chi connectivity index (χ1v) is 6.15. The summed E-state index contributed by atoms with van der Waals surface area (Å²) in [4.78, 5) is 18.6. The highest BCUT2D eigenvalue weighted by Crippen LogP contribution is 2.01. The largest absolute Gasteiger partial charge is 0.339 e. The molecule has 0 bridgehead atoms. The van der Waals surface area contributed by atoms with E-state index in [9.17, 15) is 4.79 Å². The third-order valence-electron chi connectivity index (χ3n) is 3.42. The van der Waals surface area contributed by atoms with Gasteiger partial charge < -0.3 is 15.1 Å². The van der Waals surface area contributed by atoms with E-state index in [1.165, 1.54) is 0 Å². The van der Waals surface area contributed by atoms with Gasteiger partial charge in [0, 0.05) is 52.4 Å². The van der Waals surface area contributed by atoms with Crippen molar-refractivity contribution in [1.82, 2.24) is 20.0 Å². The smallest absolute Gasteiger partial charge is 0.236 e. The van der Waals surface area contributed by atoms with Gasteiger partial charge in [-0.3, -0.25) is 9.69 Å². The molecule has 2 heterocycles. The number of nitrogens with one attached hydrogen (secondary N) is 1. The van der Waals surface area contributed by atoms with E-state index >= 15 is 0 Å². The molecule has 0 aromatic heterocycles. The van der Waals surface area contributed by atoms with Crippen LogP contribution in [0, 0.1) is 0 Å². The first-order chi connectivity index (χ1) is 7.75. The standard InChI is InChI=1S/C11H22N4O/c1-13-6-8-14(9-7-13)10-11(16)15-4-2-12-3-5-15/h12H,2-10H2,1H3/i1+1,2+1,3+1,4+1,5+1,6+1,8+1,13+1. The molecule has 2 aliphatic rings. The molecule has 92 valence electrons. The second-order valence-electron chi connectivity index (χ2n) is 4.71. The van der Waals surface area contributed by atoms with Crippen LogP contribution in [0.1, 0.15) is 0 Å². The van der Waals surface area contributed by atoms with Crippen molar-refractivity contribution in [2.45, 2.75) is 0 Å². The van der Waals surface area contributed by atoms with Gasteiger partial charge in [-0.25, -0.2) is 0 Å². The molecule has 0 saturated carbocycles. The predicted octanol–water partition coefficient (Wildman–Crippen LogP) is -1.33. The quantitative estimate of drug-likeness (QED) is 0.474. The lowest BCUT2D eigenvalue weighted by molar-refractivity contribution is -0.133. The van der Waals surface area contributed by atoms with Crippen LogP contribution in [0.3, 0.4) is 0 Å². The van der Waals surface area contributed by atoms with Crippen molar-refractivity contribution in [3.8, 4) is 0 Å². The number of amides is 1. The number of likely N-dealkylation sites (N-methyl/N-ethyl adjacent to an activating group) is 1. The van der Waals surface area contributed by atoms with Gasteiger partial charge in [0.2, 0.25) is 5.91 Å². The van der Waals surface area contributed by atoms with Crippen molar-refractivity contribution in [2.24, 2.45) is 0 Å². The second-order valence-corrected chi connectivity index (χ2v) is 4.71. The Balaban J connectivity index is 1.73. The summed E-state index contributed by atoms with van der Waals surface area (Å²) in [6, 6.07) is 0. The van der Waals surface area contributed by atoms with Gasteiger partial charge in [-0.1, -0.05) is 0 Å². The number of rotatable bonds is 2. The van der Waals surface area contributed by atoms with Gasteiger partial charge in [0.15, 0.2) is 0 Å². The van der Waals surface area contributed by atoms with E-state index < -0.39 is 0 Å². The molecule has 2 saturated heterocycles. The highest BCUT2D eigenvalue weighted by molar-refractivity contribution is 5.78. The van der Waals surface area contributed by atoms with Gasteiger partial charge >= 0.3 is 0 Å². The molecule has 2 rings (SSSR count). The molecule has 0 unspecified atom stereocenters. The molecular weight excluding hydrogens is 212 g/mol. The zero-order chi connectivity index (χ0) is 11.4. The van der Waals surface area contributed by atoms with E-state index in [0.717, 1.165) is 52.4 Å². The van der Waals surface area contributed by atoms with Crippen LogP contribution in [-0.2, 0) is 4.79 Å². The van der Waals surface area contributed by atoms with E-state index in [1.54, 1.807) is 0 Å². The van der Waals surface area contributed by atoms with E-state index in [0.29, 0.717) is 12.5 Å². The lowest BCUT2D eigenvalue weighted by Gasteiger charge is -2.34. The molecule has 5 nitrogen and oxygen atoms in total. The van der Waals surface area contributed by atoms with Gasteiger partial charge in [-0.05, 0) is 7.05 Å². The monoisotopic (exact) mass is 234 g/mol. The van der Waals surface area contributed by atoms with Crippen molar-refractivity contribution in [3.63, 3.8) is 0 Å². The highest BCUT2D eigenvalue weighted by atomic mass is 16.2. The van der Waals surface area contributed by atoms with E-state index in [2.05, 4.69) is 22.2 Å². The van der Waals surface area contributed by atoms with Crippen molar-refractivity contribution in [1.29, 1.82) is 0 Å². The minimum absolute atomic E-state index is 0.297.